The van der Waals surface area contributed by atoms with E-state index in [9.17, 15) is 24.0 Å². The van der Waals surface area contributed by atoms with Crippen molar-refractivity contribution in [3.63, 3.8) is 0 Å². The molecule has 0 aromatic rings. The van der Waals surface area contributed by atoms with Crippen LogP contribution in [0.25, 0.3) is 0 Å². The average Bonchev–Trinajstić information content (AvgIpc) is 3.10. The molecule has 30 heavy (non-hydrogen) atoms. The van der Waals surface area contributed by atoms with E-state index in [1.165, 1.54) is 31.4 Å². The Labute approximate surface area is 184 Å². The van der Waals surface area contributed by atoms with Gasteiger partial charge in [-0.1, -0.05) is 60.7 Å². The molecule has 0 spiro atoms. The molecule has 0 saturated heterocycles. The largest absolute Gasteiger partial charge is 0.297 e. The van der Waals surface area contributed by atoms with Gasteiger partial charge in [-0.3, -0.25) is 33.8 Å². The van der Waals surface area contributed by atoms with Crippen molar-refractivity contribution in [3.05, 3.63) is 24.3 Å². The quantitative estimate of drug-likeness (QED) is 0.499. The van der Waals surface area contributed by atoms with Crippen molar-refractivity contribution in [2.75, 3.05) is 13.6 Å². The monoisotopic (exact) mass is 436 g/mol. The number of hydrogen-bond acceptors (Lipinski definition) is 6. The van der Waals surface area contributed by atoms with Crippen LogP contribution in [0.1, 0.15) is 54.9 Å². The van der Waals surface area contributed by atoms with E-state index >= 15 is 0 Å². The standard InChI is InChI=1S/C10H13NO3.C7H14S.C5H5NO2/c1-10(2,3)7(12)6-11-8(13)4-5-9(11)14;1-5-6(8)7(2,3)4;1-6-4(7)2-3-5(6)8/h4-5H,6H2,1-3H3;5H2,1-4H3;2-3H,1H3. The van der Waals surface area contributed by atoms with Crippen molar-refractivity contribution < 1.29 is 24.0 Å². The van der Waals surface area contributed by atoms with Gasteiger partial charge in [0.25, 0.3) is 23.6 Å². The normalized spacial score (nSPS) is 15.7. The lowest BCUT2D eigenvalue weighted by atomic mass is 9.90. The van der Waals surface area contributed by atoms with Crippen LogP contribution in [-0.2, 0) is 24.0 Å². The number of carbonyl (C=O) groups is 5. The summed E-state index contributed by atoms with van der Waals surface area (Å²) in [5.41, 5.74) is -0.284. The van der Waals surface area contributed by atoms with Gasteiger partial charge in [-0.05, 0) is 16.7 Å². The number of Topliss-reactive ketones (excluding diaryl/α,β-unsaturated/α-hetero) is 1. The fraction of sp³-hybridized carbons (Fsp3) is 0.545. The van der Waals surface area contributed by atoms with Crippen LogP contribution in [0.15, 0.2) is 24.3 Å². The van der Waals surface area contributed by atoms with Gasteiger partial charge in [0.15, 0.2) is 5.78 Å². The second-order valence-electron chi connectivity index (χ2n) is 8.86. The highest BCUT2D eigenvalue weighted by Crippen LogP contribution is 2.18. The molecule has 0 saturated carbocycles. The number of carbonyl (C=O) groups excluding carboxylic acids is 5. The van der Waals surface area contributed by atoms with Crippen LogP contribution in [0.3, 0.4) is 0 Å². The summed E-state index contributed by atoms with van der Waals surface area (Å²) in [6.07, 6.45) is 5.89. The summed E-state index contributed by atoms with van der Waals surface area (Å²) in [5, 5.41) is 0. The maximum absolute atomic E-state index is 11.5. The fourth-order valence-corrected chi connectivity index (χ4v) is 1.97. The molecule has 8 heteroatoms. The number of ketones is 1. The summed E-state index contributed by atoms with van der Waals surface area (Å²) < 4.78 is 0. The van der Waals surface area contributed by atoms with Crippen molar-refractivity contribution >= 4 is 46.5 Å². The Bertz CT molecular complexity index is 746. The number of nitrogens with zero attached hydrogens (tertiary/aromatic N) is 2. The second-order valence-corrected chi connectivity index (χ2v) is 9.36. The molecule has 166 valence electrons. The molecule has 0 unspecified atom stereocenters. The summed E-state index contributed by atoms with van der Waals surface area (Å²) in [5.74, 6) is -1.42. The molecule has 0 aromatic heterocycles. The average molecular weight is 437 g/mol. The van der Waals surface area contributed by atoms with Gasteiger partial charge >= 0.3 is 0 Å². The van der Waals surface area contributed by atoms with E-state index < -0.39 is 17.2 Å². The predicted molar refractivity (Wildman–Crippen MR) is 120 cm³/mol. The molecule has 2 aliphatic heterocycles. The van der Waals surface area contributed by atoms with Crippen LogP contribution >= 0.6 is 12.2 Å². The number of amides is 4. The van der Waals surface area contributed by atoms with Crippen molar-refractivity contribution in [1.82, 2.24) is 9.80 Å². The first-order valence-corrected chi connectivity index (χ1v) is 10.0. The lowest BCUT2D eigenvalue weighted by Gasteiger charge is -2.20. The van der Waals surface area contributed by atoms with Gasteiger partial charge in [-0.25, -0.2) is 0 Å². The lowest BCUT2D eigenvalue weighted by Crippen LogP contribution is -2.39. The Morgan fingerprint density at radius 1 is 0.800 bits per heavy atom. The molecule has 4 amide bonds. The zero-order chi connectivity index (χ0) is 23.9. The SMILES string of the molecule is CC(C)(C)C(=O)CN1C(=O)C=CC1=O.CCC(=S)C(C)(C)C.CN1C(=O)C=CC1=O. The highest BCUT2D eigenvalue weighted by atomic mass is 32.1. The predicted octanol–water partition coefficient (Wildman–Crippen LogP) is 2.88. The first-order chi connectivity index (χ1) is 13.5. The smallest absolute Gasteiger partial charge is 0.254 e. The fourth-order valence-electron chi connectivity index (χ4n) is 1.97. The number of likely N-dealkylation sites (N-methyl/N-ethyl adjacent to an activating group) is 1. The topological polar surface area (TPSA) is 91.8 Å². The number of imide groups is 2. The van der Waals surface area contributed by atoms with Gasteiger partial charge in [0.2, 0.25) is 0 Å². The molecule has 2 aliphatic rings. The molecule has 0 radical (unpaired) electrons. The van der Waals surface area contributed by atoms with E-state index in [0.717, 1.165) is 21.1 Å². The van der Waals surface area contributed by atoms with Crippen LogP contribution in [0.4, 0.5) is 0 Å². The molecule has 0 N–H and O–H groups in total. The van der Waals surface area contributed by atoms with Crippen LogP contribution in [0.5, 0.6) is 0 Å². The molecule has 0 aromatic carbocycles. The van der Waals surface area contributed by atoms with Gasteiger partial charge in [-0.2, -0.15) is 0 Å². The minimum atomic E-state index is -0.525. The third kappa shape index (κ3) is 8.90. The Balaban J connectivity index is 0.000000451. The van der Waals surface area contributed by atoms with E-state index in [1.54, 1.807) is 20.8 Å². The lowest BCUT2D eigenvalue weighted by molar-refractivity contribution is -0.142. The van der Waals surface area contributed by atoms with E-state index in [4.69, 9.17) is 12.2 Å². The van der Waals surface area contributed by atoms with E-state index in [-0.39, 0.29) is 29.6 Å². The summed E-state index contributed by atoms with van der Waals surface area (Å²) in [6.45, 7) is 13.7. The van der Waals surface area contributed by atoms with Crippen LogP contribution in [0.2, 0.25) is 0 Å². The van der Waals surface area contributed by atoms with Crippen molar-refractivity contribution in [2.24, 2.45) is 10.8 Å². The maximum Gasteiger partial charge on any atom is 0.254 e. The molecular weight excluding hydrogens is 404 g/mol. The molecule has 0 bridgehead atoms. The van der Waals surface area contributed by atoms with Gasteiger partial charge in [-0.15, -0.1) is 0 Å². The number of rotatable bonds is 3. The van der Waals surface area contributed by atoms with Crippen LogP contribution < -0.4 is 0 Å². The summed E-state index contributed by atoms with van der Waals surface area (Å²) in [7, 11) is 1.45. The van der Waals surface area contributed by atoms with Gasteiger partial charge in [0.1, 0.15) is 0 Å². The number of hydrogen-bond donors (Lipinski definition) is 0. The molecule has 0 fully saturated rings. The highest BCUT2D eigenvalue weighted by molar-refractivity contribution is 7.80. The zero-order valence-electron chi connectivity index (χ0n) is 19.1. The highest BCUT2D eigenvalue weighted by Gasteiger charge is 2.30. The zero-order valence-corrected chi connectivity index (χ0v) is 19.9. The van der Waals surface area contributed by atoms with Gasteiger partial charge < -0.3 is 0 Å². The Kier molecular flexibility index (Phi) is 10.1. The third-order valence-electron chi connectivity index (χ3n) is 4.23. The minimum absolute atomic E-state index is 0.122. The van der Waals surface area contributed by atoms with Crippen molar-refractivity contribution in [3.8, 4) is 0 Å². The van der Waals surface area contributed by atoms with E-state index in [0.29, 0.717) is 0 Å². The molecule has 0 aliphatic carbocycles. The first kappa shape index (κ1) is 27.5. The molecule has 2 rings (SSSR count). The Morgan fingerprint density at radius 3 is 1.37 bits per heavy atom. The second kappa shape index (κ2) is 11.1. The molecule has 2 heterocycles. The van der Waals surface area contributed by atoms with Crippen LogP contribution in [-0.4, -0.2) is 57.7 Å². The van der Waals surface area contributed by atoms with Gasteiger partial charge in [0, 0.05) is 36.8 Å². The minimum Gasteiger partial charge on any atom is -0.297 e. The summed E-state index contributed by atoms with van der Waals surface area (Å²) in [6, 6.07) is 0. The molecule has 7 nitrogen and oxygen atoms in total. The Morgan fingerprint density at radius 2 is 1.17 bits per heavy atom. The molecule has 0 atom stereocenters. The van der Waals surface area contributed by atoms with E-state index in [1.807, 2.05) is 0 Å². The third-order valence-corrected chi connectivity index (χ3v) is 5.13. The van der Waals surface area contributed by atoms with E-state index in [2.05, 4.69) is 27.7 Å². The van der Waals surface area contributed by atoms with Crippen LogP contribution in [0, 0.1) is 10.8 Å². The van der Waals surface area contributed by atoms with Crippen molar-refractivity contribution in [2.45, 2.75) is 54.9 Å². The Hall–Kier alpha value is -2.48. The molecular formula is C22H32N2O5S. The summed E-state index contributed by atoms with van der Waals surface area (Å²) >= 11 is 5.09. The maximum atomic E-state index is 11.5. The number of thiocarbonyl (C=S) groups is 1. The summed E-state index contributed by atoms with van der Waals surface area (Å²) in [4.78, 5) is 57.7. The van der Waals surface area contributed by atoms with Gasteiger partial charge in [0.05, 0.1) is 6.54 Å². The first-order valence-electron chi connectivity index (χ1n) is 9.62. The van der Waals surface area contributed by atoms with Crippen molar-refractivity contribution in [1.29, 1.82) is 0 Å².